The van der Waals surface area contributed by atoms with Gasteiger partial charge in [0, 0.05) is 5.88 Å². The normalized spacial score (nSPS) is 12.8. The van der Waals surface area contributed by atoms with Gasteiger partial charge in [0.25, 0.3) is 0 Å². The van der Waals surface area contributed by atoms with E-state index in [9.17, 15) is 8.42 Å². The average molecular weight is 311 g/mol. The van der Waals surface area contributed by atoms with Crippen LogP contribution in [0.2, 0.25) is 0 Å². The molecule has 1 aromatic rings. The van der Waals surface area contributed by atoms with Gasteiger partial charge in [0.05, 0.1) is 10.6 Å². The molecule has 0 aliphatic heterocycles. The summed E-state index contributed by atoms with van der Waals surface area (Å²) < 4.78 is 24.6. The van der Waals surface area contributed by atoms with E-state index in [2.05, 4.69) is 6.58 Å². The Kier molecular flexibility index (Phi) is 6.76. The maximum absolute atomic E-state index is 12.3. The second-order valence-corrected chi connectivity index (χ2v) is 6.91. The zero-order valence-corrected chi connectivity index (χ0v) is 13.1. The van der Waals surface area contributed by atoms with Gasteiger partial charge >= 0.3 is 0 Å². The van der Waals surface area contributed by atoms with E-state index in [1.54, 1.807) is 36.4 Å². The predicted molar refractivity (Wildman–Crippen MR) is 85.9 cm³/mol. The molecular formula is C16H19ClO2S. The monoisotopic (exact) mass is 310 g/mol. The van der Waals surface area contributed by atoms with Crippen LogP contribution in [-0.4, -0.2) is 20.1 Å². The number of allylic oxidation sites excluding steroid dienone is 4. The SMILES string of the molecule is C=C(C)/C=C/C=C(\CCCl)CS(=O)(=O)c1ccccc1. The smallest absolute Gasteiger partial charge is 0.182 e. The van der Waals surface area contributed by atoms with Crippen LogP contribution < -0.4 is 0 Å². The van der Waals surface area contributed by atoms with Crippen molar-refractivity contribution in [3.63, 3.8) is 0 Å². The van der Waals surface area contributed by atoms with E-state index >= 15 is 0 Å². The Hall–Kier alpha value is -1.32. The largest absolute Gasteiger partial charge is 0.223 e. The van der Waals surface area contributed by atoms with Crippen molar-refractivity contribution >= 4 is 21.4 Å². The molecule has 0 aliphatic carbocycles. The molecule has 1 rings (SSSR count). The zero-order valence-electron chi connectivity index (χ0n) is 11.5. The number of rotatable bonds is 7. The highest BCUT2D eigenvalue weighted by atomic mass is 35.5. The van der Waals surface area contributed by atoms with Crippen molar-refractivity contribution in [1.82, 2.24) is 0 Å². The van der Waals surface area contributed by atoms with Crippen molar-refractivity contribution in [2.75, 3.05) is 11.6 Å². The number of hydrogen-bond acceptors (Lipinski definition) is 2. The Balaban J connectivity index is 2.93. The van der Waals surface area contributed by atoms with E-state index in [1.807, 2.05) is 19.1 Å². The summed E-state index contributed by atoms with van der Waals surface area (Å²) in [6.45, 7) is 5.64. The van der Waals surface area contributed by atoms with Crippen molar-refractivity contribution in [1.29, 1.82) is 0 Å². The topological polar surface area (TPSA) is 34.1 Å². The second-order valence-electron chi connectivity index (χ2n) is 4.54. The minimum atomic E-state index is -3.32. The highest BCUT2D eigenvalue weighted by molar-refractivity contribution is 7.91. The summed E-state index contributed by atoms with van der Waals surface area (Å²) in [4.78, 5) is 0.337. The molecule has 0 fully saturated rings. The molecule has 0 aliphatic rings. The Morgan fingerprint density at radius 1 is 1.30 bits per heavy atom. The van der Waals surface area contributed by atoms with Crippen LogP contribution in [0.15, 0.2) is 71.2 Å². The fourth-order valence-corrected chi connectivity index (χ4v) is 3.34. The first-order valence-corrected chi connectivity index (χ1v) is 8.50. The molecule has 1 aromatic carbocycles. The van der Waals surface area contributed by atoms with Crippen LogP contribution in [0.1, 0.15) is 13.3 Å². The van der Waals surface area contributed by atoms with Gasteiger partial charge in [0.1, 0.15) is 0 Å². The predicted octanol–water partition coefficient (Wildman–Crippen LogP) is 4.15. The van der Waals surface area contributed by atoms with Crippen LogP contribution in [-0.2, 0) is 9.84 Å². The second kappa shape index (κ2) is 8.08. The summed E-state index contributed by atoms with van der Waals surface area (Å²) in [5, 5.41) is 0. The molecule has 0 amide bonds. The Morgan fingerprint density at radius 3 is 2.50 bits per heavy atom. The van der Waals surface area contributed by atoms with E-state index in [0.29, 0.717) is 17.2 Å². The Morgan fingerprint density at radius 2 is 1.95 bits per heavy atom. The summed E-state index contributed by atoms with van der Waals surface area (Å²) in [6.07, 6.45) is 6.00. The minimum Gasteiger partial charge on any atom is -0.223 e. The van der Waals surface area contributed by atoms with Crippen molar-refractivity contribution in [2.45, 2.75) is 18.2 Å². The quantitative estimate of drug-likeness (QED) is 0.560. The molecule has 0 heterocycles. The van der Waals surface area contributed by atoms with Crippen molar-refractivity contribution in [2.24, 2.45) is 0 Å². The first kappa shape index (κ1) is 16.7. The molecule has 108 valence electrons. The van der Waals surface area contributed by atoms with Crippen LogP contribution >= 0.6 is 11.6 Å². The molecule has 0 saturated heterocycles. The molecule has 0 aromatic heterocycles. The third kappa shape index (κ3) is 5.76. The van der Waals surface area contributed by atoms with Gasteiger partial charge in [0.15, 0.2) is 9.84 Å². The maximum atomic E-state index is 12.3. The molecular weight excluding hydrogens is 292 g/mol. The van der Waals surface area contributed by atoms with Crippen molar-refractivity contribution < 1.29 is 8.42 Å². The molecule has 0 bridgehead atoms. The van der Waals surface area contributed by atoms with Gasteiger partial charge in [-0.15, -0.1) is 11.6 Å². The van der Waals surface area contributed by atoms with Crippen LogP contribution in [0.3, 0.4) is 0 Å². The molecule has 0 N–H and O–H groups in total. The van der Waals surface area contributed by atoms with E-state index in [0.717, 1.165) is 11.1 Å². The number of sulfone groups is 1. The highest BCUT2D eigenvalue weighted by Gasteiger charge is 2.15. The maximum Gasteiger partial charge on any atom is 0.182 e. The third-order valence-electron chi connectivity index (χ3n) is 2.61. The van der Waals surface area contributed by atoms with Crippen molar-refractivity contribution in [3.8, 4) is 0 Å². The van der Waals surface area contributed by atoms with Gasteiger partial charge in [0.2, 0.25) is 0 Å². The van der Waals surface area contributed by atoms with Crippen LogP contribution in [0.5, 0.6) is 0 Å². The lowest BCUT2D eigenvalue weighted by Gasteiger charge is -2.07. The van der Waals surface area contributed by atoms with Gasteiger partial charge in [-0.3, -0.25) is 0 Å². The van der Waals surface area contributed by atoms with Gasteiger partial charge in [-0.05, 0) is 25.5 Å². The molecule has 0 atom stereocenters. The summed E-state index contributed by atoms with van der Waals surface area (Å²) in [7, 11) is -3.32. The fourth-order valence-electron chi connectivity index (χ4n) is 1.63. The lowest BCUT2D eigenvalue weighted by Crippen LogP contribution is -2.09. The molecule has 20 heavy (non-hydrogen) atoms. The lowest BCUT2D eigenvalue weighted by atomic mass is 10.2. The van der Waals surface area contributed by atoms with E-state index in [1.165, 1.54) is 0 Å². The molecule has 0 saturated carbocycles. The van der Waals surface area contributed by atoms with E-state index in [4.69, 9.17) is 11.6 Å². The zero-order chi connectivity index (χ0) is 15.0. The number of hydrogen-bond donors (Lipinski definition) is 0. The standard InChI is InChI=1S/C16H19ClO2S/c1-14(2)7-6-8-15(11-12-17)13-20(18,19)16-9-4-3-5-10-16/h3-10H,1,11-13H2,2H3/b7-6+,15-8+. The average Bonchev–Trinajstić information content (AvgIpc) is 2.39. The van der Waals surface area contributed by atoms with Crippen LogP contribution in [0.4, 0.5) is 0 Å². The van der Waals surface area contributed by atoms with Crippen LogP contribution in [0.25, 0.3) is 0 Å². The first-order valence-electron chi connectivity index (χ1n) is 6.31. The molecule has 0 radical (unpaired) electrons. The highest BCUT2D eigenvalue weighted by Crippen LogP contribution is 2.16. The first-order chi connectivity index (χ1) is 9.45. The van der Waals surface area contributed by atoms with Gasteiger partial charge in [-0.25, -0.2) is 8.42 Å². The van der Waals surface area contributed by atoms with E-state index in [-0.39, 0.29) is 5.75 Å². The summed E-state index contributed by atoms with van der Waals surface area (Å²) in [5.41, 5.74) is 1.71. The summed E-state index contributed by atoms with van der Waals surface area (Å²) in [6, 6.07) is 8.45. The van der Waals surface area contributed by atoms with Crippen LogP contribution in [0, 0.1) is 0 Å². The summed E-state index contributed by atoms with van der Waals surface area (Å²) in [5.74, 6) is 0.390. The number of benzene rings is 1. The number of halogens is 1. The van der Waals surface area contributed by atoms with Gasteiger partial charge in [-0.2, -0.15) is 0 Å². The number of alkyl halides is 1. The molecule has 0 unspecified atom stereocenters. The molecule has 2 nitrogen and oxygen atoms in total. The minimum absolute atomic E-state index is 0.00966. The molecule has 4 heteroatoms. The van der Waals surface area contributed by atoms with Gasteiger partial charge < -0.3 is 0 Å². The van der Waals surface area contributed by atoms with Gasteiger partial charge in [-0.1, -0.05) is 54.2 Å². The van der Waals surface area contributed by atoms with E-state index < -0.39 is 9.84 Å². The third-order valence-corrected chi connectivity index (χ3v) is 4.54. The lowest BCUT2D eigenvalue weighted by molar-refractivity contribution is 0.597. The Labute approximate surface area is 126 Å². The molecule has 0 spiro atoms. The summed E-state index contributed by atoms with van der Waals surface area (Å²) >= 11 is 5.74. The fraction of sp³-hybridized carbons (Fsp3) is 0.250. The Bertz CT molecular complexity index is 599. The van der Waals surface area contributed by atoms with Crippen molar-refractivity contribution in [3.05, 3.63) is 66.3 Å².